The van der Waals surface area contributed by atoms with Crippen molar-refractivity contribution in [3.63, 3.8) is 0 Å². The number of nitro groups is 1. The van der Waals surface area contributed by atoms with Crippen molar-refractivity contribution in [1.29, 1.82) is 0 Å². The van der Waals surface area contributed by atoms with E-state index < -0.39 is 10.8 Å². The molecule has 1 N–H and O–H groups in total. The van der Waals surface area contributed by atoms with Crippen LogP contribution in [0.2, 0.25) is 5.02 Å². The summed E-state index contributed by atoms with van der Waals surface area (Å²) in [5, 5.41) is 15.4. The predicted molar refractivity (Wildman–Crippen MR) is 113 cm³/mol. The summed E-state index contributed by atoms with van der Waals surface area (Å²) in [6.45, 7) is 3.08. The number of hydrogen-bond acceptors (Lipinski definition) is 6. The molecule has 30 heavy (non-hydrogen) atoms. The first-order valence-corrected chi connectivity index (χ1v) is 9.27. The molecular weight excluding hydrogens is 410 g/mol. The third-order valence-corrected chi connectivity index (χ3v) is 4.39. The van der Waals surface area contributed by atoms with Crippen LogP contribution in [-0.4, -0.2) is 23.7 Å². The van der Waals surface area contributed by atoms with Crippen LogP contribution in [0.25, 0.3) is 11.3 Å². The van der Waals surface area contributed by atoms with Crippen LogP contribution in [0, 0.1) is 24.0 Å². The average molecular weight is 428 g/mol. The van der Waals surface area contributed by atoms with Gasteiger partial charge < -0.3 is 9.15 Å². The highest BCUT2D eigenvalue weighted by Crippen LogP contribution is 2.28. The fraction of sp³-hybridized carbons (Fsp3) is 0.143. The molecule has 0 aliphatic heterocycles. The van der Waals surface area contributed by atoms with Gasteiger partial charge in [0.25, 0.3) is 11.6 Å². The Bertz CT molecular complexity index is 1080. The molecule has 0 aliphatic rings. The Kier molecular flexibility index (Phi) is 6.48. The number of halogens is 1. The van der Waals surface area contributed by atoms with Crippen molar-refractivity contribution in [2.75, 3.05) is 6.61 Å². The highest BCUT2D eigenvalue weighted by molar-refractivity contribution is 6.30. The second kappa shape index (κ2) is 9.23. The van der Waals surface area contributed by atoms with Gasteiger partial charge in [0.05, 0.1) is 11.1 Å². The van der Waals surface area contributed by atoms with Crippen LogP contribution >= 0.6 is 11.6 Å². The molecule has 9 heteroatoms. The van der Waals surface area contributed by atoms with E-state index in [0.29, 0.717) is 33.4 Å². The molecule has 0 radical (unpaired) electrons. The lowest BCUT2D eigenvalue weighted by molar-refractivity contribution is -0.385. The Morgan fingerprint density at radius 1 is 1.20 bits per heavy atom. The number of hydrogen-bond donors (Lipinski definition) is 1. The molecule has 1 aromatic heterocycles. The van der Waals surface area contributed by atoms with Crippen LogP contribution in [0.5, 0.6) is 5.75 Å². The van der Waals surface area contributed by atoms with E-state index in [1.54, 1.807) is 38.1 Å². The number of benzene rings is 2. The predicted octanol–water partition coefficient (Wildman–Crippen LogP) is 4.65. The van der Waals surface area contributed by atoms with Gasteiger partial charge in [0.15, 0.2) is 6.61 Å². The zero-order chi connectivity index (χ0) is 21.7. The molecule has 1 amide bonds. The second-order valence-corrected chi connectivity index (χ2v) is 6.89. The third kappa shape index (κ3) is 5.24. The molecule has 8 nitrogen and oxygen atoms in total. The van der Waals surface area contributed by atoms with E-state index in [9.17, 15) is 14.9 Å². The van der Waals surface area contributed by atoms with Crippen LogP contribution in [0.4, 0.5) is 5.69 Å². The standard InChI is InChI=1S/C21H18ClN3O5/c1-13-9-17(25(27)28)10-14(2)21(13)29-12-20(26)24-23-11-18-7-8-19(30-18)15-3-5-16(22)6-4-15/h3-11H,12H2,1-2H3,(H,24,26)/b23-11-. The van der Waals surface area contributed by atoms with E-state index >= 15 is 0 Å². The van der Waals surface area contributed by atoms with Gasteiger partial charge in [-0.1, -0.05) is 11.6 Å². The zero-order valence-electron chi connectivity index (χ0n) is 16.2. The first-order chi connectivity index (χ1) is 14.3. The van der Waals surface area contributed by atoms with Crippen molar-refractivity contribution in [2.45, 2.75) is 13.8 Å². The van der Waals surface area contributed by atoms with Gasteiger partial charge >= 0.3 is 0 Å². The van der Waals surface area contributed by atoms with Crippen molar-refractivity contribution >= 4 is 29.4 Å². The minimum Gasteiger partial charge on any atom is -0.483 e. The monoisotopic (exact) mass is 427 g/mol. The highest BCUT2D eigenvalue weighted by Gasteiger charge is 2.14. The Labute approximate surface area is 177 Å². The van der Waals surface area contributed by atoms with Crippen LogP contribution < -0.4 is 10.2 Å². The molecular formula is C21H18ClN3O5. The number of nitro benzene ring substituents is 1. The van der Waals surface area contributed by atoms with Crippen molar-refractivity contribution in [1.82, 2.24) is 5.43 Å². The van der Waals surface area contributed by atoms with Gasteiger partial charge in [0.1, 0.15) is 17.3 Å². The largest absolute Gasteiger partial charge is 0.483 e. The number of non-ortho nitro benzene ring substituents is 1. The minimum atomic E-state index is -0.479. The summed E-state index contributed by atoms with van der Waals surface area (Å²) in [7, 11) is 0. The van der Waals surface area contributed by atoms with Crippen molar-refractivity contribution in [3.05, 3.63) is 80.6 Å². The molecule has 0 aliphatic carbocycles. The molecule has 0 saturated heterocycles. The lowest BCUT2D eigenvalue weighted by atomic mass is 10.1. The SMILES string of the molecule is Cc1cc([N+](=O)[O-])cc(C)c1OCC(=O)N/N=C\c1ccc(-c2ccc(Cl)cc2)o1. The van der Waals surface area contributed by atoms with Crippen LogP contribution in [0.15, 0.2) is 58.0 Å². The topological polar surface area (TPSA) is 107 Å². The van der Waals surface area contributed by atoms with Gasteiger partial charge in [-0.3, -0.25) is 14.9 Å². The number of ether oxygens (including phenoxy) is 1. The van der Waals surface area contributed by atoms with Gasteiger partial charge in [-0.2, -0.15) is 5.10 Å². The van der Waals surface area contributed by atoms with Crippen LogP contribution in [0.3, 0.4) is 0 Å². The summed E-state index contributed by atoms with van der Waals surface area (Å²) in [5.41, 5.74) is 4.33. The van der Waals surface area contributed by atoms with E-state index in [2.05, 4.69) is 10.5 Å². The summed E-state index contributed by atoms with van der Waals surface area (Å²) in [6.07, 6.45) is 1.37. The van der Waals surface area contributed by atoms with E-state index in [0.717, 1.165) is 5.56 Å². The molecule has 0 atom stereocenters. The summed E-state index contributed by atoms with van der Waals surface area (Å²) in [4.78, 5) is 22.4. The van der Waals surface area contributed by atoms with E-state index in [4.69, 9.17) is 20.8 Å². The lowest BCUT2D eigenvalue weighted by Crippen LogP contribution is -2.25. The number of rotatable bonds is 7. The van der Waals surface area contributed by atoms with E-state index in [-0.39, 0.29) is 12.3 Å². The van der Waals surface area contributed by atoms with E-state index in [1.165, 1.54) is 18.3 Å². The maximum Gasteiger partial charge on any atom is 0.277 e. The molecule has 154 valence electrons. The smallest absolute Gasteiger partial charge is 0.277 e. The van der Waals surface area contributed by atoms with Crippen LogP contribution in [0.1, 0.15) is 16.9 Å². The maximum atomic E-state index is 12.0. The molecule has 3 aromatic rings. The van der Waals surface area contributed by atoms with Gasteiger partial charge in [0.2, 0.25) is 0 Å². The lowest BCUT2D eigenvalue weighted by Gasteiger charge is -2.11. The molecule has 0 saturated carbocycles. The Hall–Kier alpha value is -3.65. The fourth-order valence-electron chi connectivity index (χ4n) is 2.79. The van der Waals surface area contributed by atoms with Gasteiger partial charge in [0, 0.05) is 22.7 Å². The number of hydrazone groups is 1. The summed E-state index contributed by atoms with van der Waals surface area (Å²) in [5.74, 6) is 1.06. The molecule has 0 unspecified atom stereocenters. The molecule has 0 fully saturated rings. The zero-order valence-corrected chi connectivity index (χ0v) is 17.0. The quantitative estimate of drug-likeness (QED) is 0.335. The normalized spacial score (nSPS) is 10.9. The number of nitrogens with zero attached hydrogens (tertiary/aromatic N) is 2. The summed E-state index contributed by atoms with van der Waals surface area (Å²) >= 11 is 5.87. The number of furan rings is 1. The van der Waals surface area contributed by atoms with Gasteiger partial charge in [-0.25, -0.2) is 5.43 Å². The molecule has 2 aromatic carbocycles. The van der Waals surface area contributed by atoms with Gasteiger partial charge in [-0.05, 0) is 61.4 Å². The first kappa shape index (κ1) is 21.1. The van der Waals surface area contributed by atoms with Gasteiger partial charge in [-0.15, -0.1) is 0 Å². The first-order valence-electron chi connectivity index (χ1n) is 8.89. The van der Waals surface area contributed by atoms with E-state index in [1.807, 2.05) is 12.1 Å². The van der Waals surface area contributed by atoms with Crippen molar-refractivity contribution in [2.24, 2.45) is 5.10 Å². The number of nitrogens with one attached hydrogen (secondary N) is 1. The number of carbonyl (C=O) groups is 1. The fourth-order valence-corrected chi connectivity index (χ4v) is 2.92. The maximum absolute atomic E-state index is 12.0. The number of carbonyl (C=O) groups excluding carboxylic acids is 1. The third-order valence-electron chi connectivity index (χ3n) is 4.14. The minimum absolute atomic E-state index is 0.0252. The molecule has 3 rings (SSSR count). The van der Waals surface area contributed by atoms with Crippen LogP contribution in [-0.2, 0) is 4.79 Å². The summed E-state index contributed by atoms with van der Waals surface area (Å²) < 4.78 is 11.1. The Balaban J connectivity index is 1.55. The Morgan fingerprint density at radius 2 is 1.87 bits per heavy atom. The number of amides is 1. The average Bonchev–Trinajstić information content (AvgIpc) is 3.16. The van der Waals surface area contributed by atoms with Crippen molar-refractivity contribution < 1.29 is 18.9 Å². The second-order valence-electron chi connectivity index (χ2n) is 6.46. The molecule has 0 spiro atoms. The Morgan fingerprint density at radius 3 is 2.50 bits per heavy atom. The van der Waals surface area contributed by atoms with Crippen molar-refractivity contribution in [3.8, 4) is 17.1 Å². The number of aryl methyl sites for hydroxylation is 2. The molecule has 1 heterocycles. The summed E-state index contributed by atoms with van der Waals surface area (Å²) in [6, 6.07) is 13.5. The molecule has 0 bridgehead atoms. The highest BCUT2D eigenvalue weighted by atomic mass is 35.5.